The molecule has 1 aromatic carbocycles. The van der Waals surface area contributed by atoms with Crippen molar-refractivity contribution in [2.75, 3.05) is 57.4 Å². The third-order valence-corrected chi connectivity index (χ3v) is 9.06. The molecule has 2 fully saturated rings. The second kappa shape index (κ2) is 11.6. The molecule has 3 aliphatic rings. The number of nitrogens with one attached hydrogen (secondary N) is 1. The lowest BCUT2D eigenvalue weighted by Crippen LogP contribution is -2.62. The van der Waals surface area contributed by atoms with Gasteiger partial charge in [-0.15, -0.1) is 10.2 Å². The summed E-state index contributed by atoms with van der Waals surface area (Å²) in [6, 6.07) is 9.05. The van der Waals surface area contributed by atoms with E-state index >= 15 is 0 Å². The molecule has 3 aliphatic heterocycles. The monoisotopic (exact) mass is 592 g/mol. The number of ether oxygens (including phenoxy) is 1. The van der Waals surface area contributed by atoms with Crippen LogP contribution in [0.5, 0.6) is 0 Å². The number of halogens is 1. The second-order valence-electron chi connectivity index (χ2n) is 12.9. The molecule has 3 atom stereocenters. The fourth-order valence-electron chi connectivity index (χ4n) is 6.83. The van der Waals surface area contributed by atoms with E-state index in [-0.39, 0.29) is 36.2 Å². The Balaban J connectivity index is 1.34. The molecule has 12 heteroatoms. The summed E-state index contributed by atoms with van der Waals surface area (Å²) in [6.45, 7) is 13.9. The zero-order valence-electron chi connectivity index (χ0n) is 25.3. The lowest BCUT2D eigenvalue weighted by Gasteiger charge is -2.43. The number of amides is 2. The summed E-state index contributed by atoms with van der Waals surface area (Å²) in [4.78, 5) is 33.3. The van der Waals surface area contributed by atoms with Gasteiger partial charge in [0.2, 0.25) is 11.7 Å². The van der Waals surface area contributed by atoms with Crippen LogP contribution in [0.15, 0.2) is 30.3 Å². The highest BCUT2D eigenvalue weighted by Gasteiger charge is 2.43. The zero-order valence-corrected chi connectivity index (χ0v) is 25.3. The first-order valence-electron chi connectivity index (χ1n) is 15.1. The van der Waals surface area contributed by atoms with Crippen LogP contribution in [-0.2, 0) is 21.4 Å². The molecule has 43 heavy (non-hydrogen) atoms. The molecule has 0 saturated carbocycles. The summed E-state index contributed by atoms with van der Waals surface area (Å²) >= 11 is 0. The minimum Gasteiger partial charge on any atom is -0.379 e. The standard InChI is InChI=1S/C31H41FN8O3/c1-19-14-38(24(13-34-19)15-37-9-10-43-17-20(37)2)16-26(41)39-18-31(3,4)27-25(39)12-22(11-21-5-7-23(32)8-6-21)29-35-36-30(28(33)42)40(27)29/h5-8,12,19-20,24,34H,9-11,13-18H2,1-4H3,(H2,33,42)/t19-,20-,24-/m1/s1. The predicted octanol–water partition coefficient (Wildman–Crippen LogP) is 1.57. The van der Waals surface area contributed by atoms with E-state index in [1.807, 2.05) is 11.0 Å². The number of fused-ring (bicyclic) bond motifs is 3. The third-order valence-electron chi connectivity index (χ3n) is 9.06. The highest BCUT2D eigenvalue weighted by molar-refractivity contribution is 5.98. The molecule has 3 N–H and O–H groups in total. The van der Waals surface area contributed by atoms with Crippen molar-refractivity contribution in [2.45, 2.75) is 57.7 Å². The van der Waals surface area contributed by atoms with E-state index in [0.717, 1.165) is 61.9 Å². The van der Waals surface area contributed by atoms with Gasteiger partial charge in [-0.05, 0) is 37.6 Å². The molecular formula is C31H41FN8O3. The summed E-state index contributed by atoms with van der Waals surface area (Å²) in [7, 11) is 0. The van der Waals surface area contributed by atoms with Crippen LogP contribution in [-0.4, -0.2) is 107 Å². The Morgan fingerprint density at radius 1 is 1.16 bits per heavy atom. The van der Waals surface area contributed by atoms with E-state index in [4.69, 9.17) is 10.5 Å². The molecule has 5 heterocycles. The molecule has 0 bridgehead atoms. The maximum atomic E-state index is 14.2. The quantitative estimate of drug-likeness (QED) is 0.424. The van der Waals surface area contributed by atoms with Crippen LogP contribution in [0.2, 0.25) is 0 Å². The number of benzene rings is 1. The van der Waals surface area contributed by atoms with Gasteiger partial charge in [0.1, 0.15) is 5.82 Å². The maximum Gasteiger partial charge on any atom is 0.287 e. The minimum absolute atomic E-state index is 0.00160. The Kier molecular flexibility index (Phi) is 7.97. The fraction of sp³-hybridized carbons (Fsp3) is 0.548. The van der Waals surface area contributed by atoms with Crippen molar-refractivity contribution in [2.24, 2.45) is 5.73 Å². The van der Waals surface area contributed by atoms with Crippen LogP contribution in [0.3, 0.4) is 0 Å². The van der Waals surface area contributed by atoms with Crippen molar-refractivity contribution < 1.29 is 18.7 Å². The lowest BCUT2D eigenvalue weighted by atomic mass is 9.90. The van der Waals surface area contributed by atoms with Gasteiger partial charge in [-0.2, -0.15) is 0 Å². The normalized spacial score (nSPS) is 24.4. The Morgan fingerprint density at radius 3 is 2.65 bits per heavy atom. The van der Waals surface area contributed by atoms with Crippen molar-refractivity contribution in [3.63, 3.8) is 0 Å². The molecule has 6 rings (SSSR count). The van der Waals surface area contributed by atoms with Gasteiger partial charge in [-0.25, -0.2) is 4.39 Å². The van der Waals surface area contributed by atoms with E-state index in [2.05, 4.69) is 53.0 Å². The van der Waals surface area contributed by atoms with Crippen LogP contribution >= 0.6 is 0 Å². The van der Waals surface area contributed by atoms with Gasteiger partial charge < -0.3 is 20.7 Å². The smallest absolute Gasteiger partial charge is 0.287 e. The number of aromatic nitrogens is 3. The van der Waals surface area contributed by atoms with E-state index in [9.17, 15) is 14.0 Å². The van der Waals surface area contributed by atoms with Crippen LogP contribution in [0.25, 0.3) is 5.65 Å². The first kappa shape index (κ1) is 29.6. The predicted molar refractivity (Wildman–Crippen MR) is 161 cm³/mol. The SMILES string of the molecule is C[C@@H]1CN(CC(=O)N2CC(C)(C)c3c2cc(Cc2ccc(F)cc2)c2nnc(C(N)=O)n32)[C@@H](CN2CCOC[C@H]2C)CN1. The Bertz CT molecular complexity index is 1520. The molecule has 11 nitrogen and oxygen atoms in total. The van der Waals surface area contributed by atoms with Crippen molar-refractivity contribution in [1.82, 2.24) is 29.7 Å². The van der Waals surface area contributed by atoms with Crippen LogP contribution < -0.4 is 16.0 Å². The molecule has 2 aromatic heterocycles. The Hall–Kier alpha value is -3.45. The zero-order chi connectivity index (χ0) is 30.5. The third kappa shape index (κ3) is 5.76. The molecule has 0 aliphatic carbocycles. The number of hydrogen-bond acceptors (Lipinski definition) is 8. The van der Waals surface area contributed by atoms with Gasteiger partial charge in [0.15, 0.2) is 5.65 Å². The van der Waals surface area contributed by atoms with Crippen molar-refractivity contribution >= 4 is 23.1 Å². The summed E-state index contributed by atoms with van der Waals surface area (Å²) in [5.74, 6) is -0.973. The number of pyridine rings is 1. The summed E-state index contributed by atoms with van der Waals surface area (Å²) in [5.41, 5.74) is 8.92. The molecule has 0 unspecified atom stereocenters. The number of nitrogens with two attached hydrogens (primary N) is 1. The molecule has 230 valence electrons. The maximum absolute atomic E-state index is 14.2. The molecular weight excluding hydrogens is 551 g/mol. The van der Waals surface area contributed by atoms with Crippen molar-refractivity contribution in [3.05, 3.63) is 58.8 Å². The Labute approximate surface area is 251 Å². The average molecular weight is 593 g/mol. The number of carbonyl (C=O) groups is 2. The van der Waals surface area contributed by atoms with Gasteiger partial charge in [0.05, 0.1) is 31.1 Å². The molecule has 0 spiro atoms. The van der Waals surface area contributed by atoms with Crippen molar-refractivity contribution in [1.29, 1.82) is 0 Å². The topological polar surface area (TPSA) is 121 Å². The molecule has 2 saturated heterocycles. The first-order valence-corrected chi connectivity index (χ1v) is 15.1. The molecule has 3 aromatic rings. The van der Waals surface area contributed by atoms with Gasteiger partial charge in [0, 0.05) is 68.2 Å². The van der Waals surface area contributed by atoms with Crippen LogP contribution in [0, 0.1) is 5.82 Å². The number of morpholine rings is 1. The summed E-state index contributed by atoms with van der Waals surface area (Å²) in [5, 5.41) is 12.1. The van der Waals surface area contributed by atoms with Gasteiger partial charge in [0.25, 0.3) is 5.91 Å². The Morgan fingerprint density at radius 2 is 1.93 bits per heavy atom. The number of hydrogen-bond donors (Lipinski definition) is 2. The first-order chi connectivity index (χ1) is 20.5. The van der Waals surface area contributed by atoms with Crippen LogP contribution in [0.4, 0.5) is 10.1 Å². The van der Waals surface area contributed by atoms with E-state index in [0.29, 0.717) is 24.7 Å². The average Bonchev–Trinajstić information content (AvgIpc) is 3.51. The fourth-order valence-corrected chi connectivity index (χ4v) is 6.83. The number of anilines is 1. The lowest BCUT2D eigenvalue weighted by molar-refractivity contribution is -0.121. The number of primary amides is 1. The van der Waals surface area contributed by atoms with Gasteiger partial charge in [-0.3, -0.25) is 23.8 Å². The summed E-state index contributed by atoms with van der Waals surface area (Å²) in [6.07, 6.45) is 0.422. The van der Waals surface area contributed by atoms with Crippen molar-refractivity contribution in [3.8, 4) is 0 Å². The molecule has 2 amide bonds. The summed E-state index contributed by atoms with van der Waals surface area (Å²) < 4.78 is 21.0. The largest absolute Gasteiger partial charge is 0.379 e. The van der Waals surface area contributed by atoms with Gasteiger partial charge in [-0.1, -0.05) is 26.0 Å². The van der Waals surface area contributed by atoms with Crippen LogP contribution in [0.1, 0.15) is 55.1 Å². The van der Waals surface area contributed by atoms with E-state index < -0.39 is 11.3 Å². The molecule has 0 radical (unpaired) electrons. The number of carbonyl (C=O) groups excluding carboxylic acids is 2. The number of nitrogens with zero attached hydrogens (tertiary/aromatic N) is 6. The number of rotatable bonds is 7. The highest BCUT2D eigenvalue weighted by atomic mass is 19.1. The number of piperazine rings is 1. The minimum atomic E-state index is -0.691. The second-order valence-corrected chi connectivity index (χ2v) is 12.9. The van der Waals surface area contributed by atoms with Gasteiger partial charge >= 0.3 is 0 Å². The highest BCUT2D eigenvalue weighted by Crippen LogP contribution is 2.42. The van der Waals surface area contributed by atoms with E-state index in [1.165, 1.54) is 12.1 Å². The van der Waals surface area contributed by atoms with E-state index in [1.54, 1.807) is 16.5 Å².